The van der Waals surface area contributed by atoms with Gasteiger partial charge in [-0.3, -0.25) is 0 Å². The molecule has 78 valence electrons. The molecule has 0 amide bonds. The lowest BCUT2D eigenvalue weighted by Gasteiger charge is -2.15. The van der Waals surface area contributed by atoms with E-state index in [-0.39, 0.29) is 16.3 Å². The second-order valence-corrected chi connectivity index (χ2v) is 3.20. The summed E-state index contributed by atoms with van der Waals surface area (Å²) < 4.78 is 36.2. The summed E-state index contributed by atoms with van der Waals surface area (Å²) in [5, 5.41) is 8.93. The van der Waals surface area contributed by atoms with Crippen molar-refractivity contribution in [1.29, 1.82) is 0 Å². The zero-order valence-corrected chi connectivity index (χ0v) is 7.60. The van der Waals surface area contributed by atoms with Gasteiger partial charge in [0, 0.05) is 10.7 Å². The Morgan fingerprint density at radius 3 is 2.29 bits per heavy atom. The van der Waals surface area contributed by atoms with Crippen LogP contribution in [-0.4, -0.2) is 11.3 Å². The van der Waals surface area contributed by atoms with E-state index in [0.717, 1.165) is 12.1 Å². The molecule has 1 atom stereocenters. The molecule has 0 saturated carbocycles. The highest BCUT2D eigenvalue weighted by Crippen LogP contribution is 2.34. The molecule has 1 rings (SSSR count). The molecule has 3 N–H and O–H groups in total. The molecule has 0 spiro atoms. The molecule has 0 heterocycles. The third-order valence-electron chi connectivity index (χ3n) is 1.57. The van der Waals surface area contributed by atoms with Crippen LogP contribution in [-0.2, 0) is 0 Å². The zero-order valence-electron chi connectivity index (χ0n) is 6.85. The SMILES string of the molecule is Nc1cc(Cl)cc(C(O)C(F)(F)F)c1. The fourth-order valence-corrected chi connectivity index (χ4v) is 1.23. The molecule has 0 aromatic heterocycles. The van der Waals surface area contributed by atoms with Gasteiger partial charge in [-0.15, -0.1) is 0 Å². The Bertz CT molecular complexity index is 320. The minimum atomic E-state index is -4.71. The fraction of sp³-hybridized carbons (Fsp3) is 0.250. The molecular formula is C8H7ClF3NO. The summed E-state index contributed by atoms with van der Waals surface area (Å²) in [6.07, 6.45) is -7.26. The van der Waals surface area contributed by atoms with Crippen LogP contribution in [0.3, 0.4) is 0 Å². The Hall–Kier alpha value is -0.940. The number of hydrogen-bond donors (Lipinski definition) is 2. The maximum atomic E-state index is 12.1. The van der Waals surface area contributed by atoms with Crippen molar-refractivity contribution in [2.24, 2.45) is 0 Å². The Morgan fingerprint density at radius 1 is 1.29 bits per heavy atom. The summed E-state index contributed by atoms with van der Waals surface area (Å²) in [5.74, 6) is 0. The average molecular weight is 226 g/mol. The Balaban J connectivity index is 3.07. The van der Waals surface area contributed by atoms with Gasteiger partial charge >= 0.3 is 6.18 Å². The molecule has 2 nitrogen and oxygen atoms in total. The molecule has 0 fully saturated rings. The van der Waals surface area contributed by atoms with E-state index in [1.165, 1.54) is 6.07 Å². The number of hydrogen-bond acceptors (Lipinski definition) is 2. The van der Waals surface area contributed by atoms with Gasteiger partial charge in [-0.25, -0.2) is 0 Å². The molecule has 0 aliphatic carbocycles. The van der Waals surface area contributed by atoms with Crippen molar-refractivity contribution in [2.75, 3.05) is 5.73 Å². The first-order chi connectivity index (χ1) is 6.30. The Kier molecular flexibility index (Phi) is 2.92. The van der Waals surface area contributed by atoms with E-state index < -0.39 is 12.3 Å². The van der Waals surface area contributed by atoms with Crippen molar-refractivity contribution >= 4 is 17.3 Å². The minimum Gasteiger partial charge on any atom is -0.399 e. The summed E-state index contributed by atoms with van der Waals surface area (Å²) in [4.78, 5) is 0. The molecule has 0 aliphatic heterocycles. The largest absolute Gasteiger partial charge is 0.418 e. The number of nitrogens with two attached hydrogens (primary N) is 1. The topological polar surface area (TPSA) is 46.2 Å². The molecule has 0 saturated heterocycles. The summed E-state index contributed by atoms with van der Waals surface area (Å²) in [7, 11) is 0. The summed E-state index contributed by atoms with van der Waals surface area (Å²) in [5.41, 5.74) is 5.00. The average Bonchev–Trinajstić information content (AvgIpc) is 1.99. The van der Waals surface area contributed by atoms with Crippen molar-refractivity contribution in [3.05, 3.63) is 28.8 Å². The normalized spacial score (nSPS) is 14.1. The van der Waals surface area contributed by atoms with E-state index in [9.17, 15) is 13.2 Å². The van der Waals surface area contributed by atoms with Gasteiger partial charge in [0.15, 0.2) is 6.10 Å². The number of nitrogen functional groups attached to an aromatic ring is 1. The first kappa shape index (κ1) is 11.1. The lowest BCUT2D eigenvalue weighted by Crippen LogP contribution is -2.20. The van der Waals surface area contributed by atoms with Gasteiger partial charge in [0.2, 0.25) is 0 Å². The van der Waals surface area contributed by atoms with Gasteiger partial charge in [-0.1, -0.05) is 11.6 Å². The quantitative estimate of drug-likeness (QED) is 0.722. The monoisotopic (exact) mass is 225 g/mol. The predicted molar refractivity (Wildman–Crippen MR) is 46.9 cm³/mol. The molecule has 0 bridgehead atoms. The van der Waals surface area contributed by atoms with Crippen LogP contribution in [0.2, 0.25) is 5.02 Å². The maximum Gasteiger partial charge on any atom is 0.418 e. The number of alkyl halides is 3. The molecule has 1 aromatic rings. The fourth-order valence-electron chi connectivity index (χ4n) is 0.983. The Morgan fingerprint density at radius 2 is 1.86 bits per heavy atom. The van der Waals surface area contributed by atoms with Gasteiger partial charge in [-0.05, 0) is 23.8 Å². The highest BCUT2D eigenvalue weighted by molar-refractivity contribution is 6.30. The lowest BCUT2D eigenvalue weighted by atomic mass is 10.1. The first-order valence-electron chi connectivity index (χ1n) is 3.61. The number of benzene rings is 1. The van der Waals surface area contributed by atoms with Crippen LogP contribution < -0.4 is 5.73 Å². The van der Waals surface area contributed by atoms with E-state index in [1.807, 2.05) is 0 Å². The second-order valence-electron chi connectivity index (χ2n) is 2.76. The third kappa shape index (κ3) is 2.52. The van der Waals surface area contributed by atoms with E-state index in [0.29, 0.717) is 0 Å². The molecule has 1 aromatic carbocycles. The van der Waals surface area contributed by atoms with Crippen LogP contribution in [0.4, 0.5) is 18.9 Å². The number of halogens is 4. The van der Waals surface area contributed by atoms with Crippen molar-refractivity contribution in [3.8, 4) is 0 Å². The van der Waals surface area contributed by atoms with E-state index in [4.69, 9.17) is 22.4 Å². The van der Waals surface area contributed by atoms with Crippen molar-refractivity contribution in [2.45, 2.75) is 12.3 Å². The highest BCUT2D eigenvalue weighted by atomic mass is 35.5. The zero-order chi connectivity index (χ0) is 10.9. The number of aliphatic hydroxyl groups excluding tert-OH is 1. The smallest absolute Gasteiger partial charge is 0.399 e. The highest BCUT2D eigenvalue weighted by Gasteiger charge is 2.39. The van der Waals surface area contributed by atoms with E-state index >= 15 is 0 Å². The molecule has 0 aliphatic rings. The van der Waals surface area contributed by atoms with Gasteiger partial charge in [0.25, 0.3) is 0 Å². The van der Waals surface area contributed by atoms with Crippen LogP contribution in [0.1, 0.15) is 11.7 Å². The molecule has 0 radical (unpaired) electrons. The van der Waals surface area contributed by atoms with Gasteiger partial charge < -0.3 is 10.8 Å². The van der Waals surface area contributed by atoms with Gasteiger partial charge in [-0.2, -0.15) is 13.2 Å². The third-order valence-corrected chi connectivity index (χ3v) is 1.79. The summed E-state index contributed by atoms with van der Waals surface area (Å²) in [6.45, 7) is 0. The van der Waals surface area contributed by atoms with Crippen molar-refractivity contribution in [1.82, 2.24) is 0 Å². The maximum absolute atomic E-state index is 12.1. The van der Waals surface area contributed by atoms with Gasteiger partial charge in [0.1, 0.15) is 0 Å². The van der Waals surface area contributed by atoms with Crippen LogP contribution in [0.5, 0.6) is 0 Å². The minimum absolute atomic E-state index is 0.0586. The summed E-state index contributed by atoms with van der Waals surface area (Å²) in [6, 6.07) is 3.36. The molecule has 14 heavy (non-hydrogen) atoms. The van der Waals surface area contributed by atoms with Crippen molar-refractivity contribution < 1.29 is 18.3 Å². The predicted octanol–water partition coefficient (Wildman–Crippen LogP) is 2.52. The second kappa shape index (κ2) is 3.67. The molecular weight excluding hydrogens is 219 g/mol. The van der Waals surface area contributed by atoms with Gasteiger partial charge in [0.05, 0.1) is 0 Å². The number of anilines is 1. The van der Waals surface area contributed by atoms with Crippen molar-refractivity contribution in [3.63, 3.8) is 0 Å². The lowest BCUT2D eigenvalue weighted by molar-refractivity contribution is -0.206. The summed E-state index contributed by atoms with van der Waals surface area (Å²) >= 11 is 5.49. The standard InChI is InChI=1S/C8H7ClF3NO/c9-5-1-4(2-6(13)3-5)7(14)8(10,11)12/h1-3,7,14H,13H2. The number of aliphatic hydroxyl groups is 1. The Labute approximate surface area is 83.1 Å². The van der Waals surface area contributed by atoms with E-state index in [1.54, 1.807) is 0 Å². The van der Waals surface area contributed by atoms with Crippen LogP contribution in [0, 0.1) is 0 Å². The van der Waals surface area contributed by atoms with Crippen LogP contribution >= 0.6 is 11.6 Å². The van der Waals surface area contributed by atoms with E-state index in [2.05, 4.69) is 0 Å². The number of rotatable bonds is 1. The van der Waals surface area contributed by atoms with Crippen LogP contribution in [0.25, 0.3) is 0 Å². The molecule has 6 heteroatoms. The van der Waals surface area contributed by atoms with Crippen LogP contribution in [0.15, 0.2) is 18.2 Å². The molecule has 1 unspecified atom stereocenters. The first-order valence-corrected chi connectivity index (χ1v) is 3.99.